The number of likely N-dealkylation sites (N-methyl/N-ethyl adjacent to an activating group) is 1. The first kappa shape index (κ1) is 17.1. The zero-order chi connectivity index (χ0) is 15.3. The van der Waals surface area contributed by atoms with Crippen molar-refractivity contribution in [1.29, 1.82) is 0 Å². The zero-order valence-electron chi connectivity index (χ0n) is 12.1. The molecule has 0 unspecified atom stereocenters. The summed E-state index contributed by atoms with van der Waals surface area (Å²) in [5, 5.41) is 7.53. The molecule has 1 rings (SSSR count). The first-order valence-corrected chi connectivity index (χ1v) is 8.64. The molecule has 0 saturated carbocycles. The summed E-state index contributed by atoms with van der Waals surface area (Å²) >= 11 is 1.13. The molecule has 0 bridgehead atoms. The van der Waals surface area contributed by atoms with Crippen molar-refractivity contribution in [2.45, 2.75) is 24.8 Å². The summed E-state index contributed by atoms with van der Waals surface area (Å²) in [5.74, 6) is -0.356. The van der Waals surface area contributed by atoms with Gasteiger partial charge in [0.15, 0.2) is 0 Å². The van der Waals surface area contributed by atoms with Gasteiger partial charge in [0, 0.05) is 26.7 Å². The van der Waals surface area contributed by atoms with E-state index in [0.717, 1.165) is 22.2 Å². The molecular formula is C12H21N3O3S2. The van der Waals surface area contributed by atoms with Crippen molar-refractivity contribution >= 4 is 27.3 Å². The average Bonchev–Trinajstić information content (AvgIpc) is 2.86. The van der Waals surface area contributed by atoms with Crippen LogP contribution < -0.4 is 10.6 Å². The molecule has 0 aliphatic carbocycles. The number of hydrogen-bond donors (Lipinski definition) is 2. The fraction of sp³-hybridized carbons (Fsp3) is 0.583. The van der Waals surface area contributed by atoms with Crippen LogP contribution >= 0.6 is 11.3 Å². The molecule has 1 atom stereocenters. The van der Waals surface area contributed by atoms with Crippen LogP contribution in [0.3, 0.4) is 0 Å². The molecule has 20 heavy (non-hydrogen) atoms. The Bertz CT molecular complexity index is 552. The first-order chi connectivity index (χ1) is 9.30. The number of amides is 1. The van der Waals surface area contributed by atoms with E-state index in [1.165, 1.54) is 20.2 Å². The van der Waals surface area contributed by atoms with Crippen molar-refractivity contribution in [1.82, 2.24) is 14.9 Å². The number of nitrogens with zero attached hydrogens (tertiary/aromatic N) is 1. The van der Waals surface area contributed by atoms with E-state index in [9.17, 15) is 13.2 Å². The van der Waals surface area contributed by atoms with E-state index in [4.69, 9.17) is 0 Å². The van der Waals surface area contributed by atoms with E-state index in [1.54, 1.807) is 5.38 Å². The summed E-state index contributed by atoms with van der Waals surface area (Å²) in [4.78, 5) is 12.4. The Kier molecular flexibility index (Phi) is 6.12. The monoisotopic (exact) mass is 319 g/mol. The second-order valence-corrected chi connectivity index (χ2v) is 7.61. The maximum Gasteiger partial charge on any atom is 0.262 e. The highest BCUT2D eigenvalue weighted by atomic mass is 32.2. The van der Waals surface area contributed by atoms with Gasteiger partial charge in [-0.1, -0.05) is 6.92 Å². The fourth-order valence-corrected chi connectivity index (χ4v) is 3.82. The van der Waals surface area contributed by atoms with Crippen molar-refractivity contribution in [2.24, 2.45) is 0 Å². The number of carbonyl (C=O) groups is 1. The molecule has 0 saturated heterocycles. The fourth-order valence-electron chi connectivity index (χ4n) is 1.61. The molecule has 1 heterocycles. The van der Waals surface area contributed by atoms with Crippen molar-refractivity contribution < 1.29 is 13.2 Å². The average molecular weight is 319 g/mol. The van der Waals surface area contributed by atoms with E-state index in [-0.39, 0.29) is 21.7 Å². The van der Waals surface area contributed by atoms with Gasteiger partial charge in [0.25, 0.3) is 5.91 Å². The summed E-state index contributed by atoms with van der Waals surface area (Å²) in [6.45, 7) is 5.21. The number of carbonyl (C=O) groups excluding carboxylic acids is 1. The molecule has 8 heteroatoms. The Morgan fingerprint density at radius 1 is 1.45 bits per heavy atom. The van der Waals surface area contributed by atoms with Crippen LogP contribution in [0.1, 0.15) is 23.5 Å². The van der Waals surface area contributed by atoms with Crippen molar-refractivity contribution in [2.75, 3.05) is 27.2 Å². The van der Waals surface area contributed by atoms with E-state index >= 15 is 0 Å². The van der Waals surface area contributed by atoms with Crippen LogP contribution in [0.5, 0.6) is 0 Å². The lowest BCUT2D eigenvalue weighted by atomic mass is 10.3. The minimum atomic E-state index is -3.59. The Morgan fingerprint density at radius 2 is 2.10 bits per heavy atom. The minimum Gasteiger partial charge on any atom is -0.350 e. The highest BCUT2D eigenvalue weighted by Gasteiger charge is 2.25. The van der Waals surface area contributed by atoms with Crippen LogP contribution in [0.2, 0.25) is 0 Å². The van der Waals surface area contributed by atoms with Gasteiger partial charge >= 0.3 is 0 Å². The number of thiophene rings is 1. The lowest BCUT2D eigenvalue weighted by molar-refractivity contribution is 0.0951. The number of hydrogen-bond acceptors (Lipinski definition) is 5. The molecule has 6 nitrogen and oxygen atoms in total. The second-order valence-electron chi connectivity index (χ2n) is 4.57. The molecule has 1 amide bonds. The maximum absolute atomic E-state index is 12.1. The van der Waals surface area contributed by atoms with Crippen molar-refractivity contribution in [3.05, 3.63) is 16.3 Å². The zero-order valence-corrected chi connectivity index (χ0v) is 13.8. The Balaban J connectivity index is 2.84. The smallest absolute Gasteiger partial charge is 0.262 e. The highest BCUT2D eigenvalue weighted by Crippen LogP contribution is 2.23. The predicted octanol–water partition coefficient (Wildman–Crippen LogP) is 0.726. The summed E-state index contributed by atoms with van der Waals surface area (Å²) in [5.41, 5.74) is 0. The van der Waals surface area contributed by atoms with Crippen LogP contribution in [-0.4, -0.2) is 51.9 Å². The van der Waals surface area contributed by atoms with Gasteiger partial charge in [-0.2, -0.15) is 0 Å². The van der Waals surface area contributed by atoms with Crippen LogP contribution in [-0.2, 0) is 10.0 Å². The quantitative estimate of drug-likeness (QED) is 0.776. The van der Waals surface area contributed by atoms with Crippen molar-refractivity contribution in [3.63, 3.8) is 0 Å². The largest absolute Gasteiger partial charge is 0.350 e. The van der Waals surface area contributed by atoms with Crippen LogP contribution in [0.4, 0.5) is 0 Å². The van der Waals surface area contributed by atoms with Gasteiger partial charge in [-0.25, -0.2) is 12.7 Å². The third-order valence-electron chi connectivity index (χ3n) is 2.72. The molecule has 0 aromatic carbocycles. The van der Waals surface area contributed by atoms with E-state index in [2.05, 4.69) is 10.6 Å². The highest BCUT2D eigenvalue weighted by molar-refractivity contribution is 7.89. The summed E-state index contributed by atoms with van der Waals surface area (Å²) in [6, 6.07) is 1.60. The molecule has 0 aliphatic heterocycles. The van der Waals surface area contributed by atoms with Gasteiger partial charge in [-0.15, -0.1) is 11.3 Å². The van der Waals surface area contributed by atoms with Gasteiger partial charge in [-0.3, -0.25) is 4.79 Å². The van der Waals surface area contributed by atoms with E-state index in [0.29, 0.717) is 6.54 Å². The van der Waals surface area contributed by atoms with Gasteiger partial charge < -0.3 is 10.6 Å². The molecule has 114 valence electrons. The molecule has 1 aromatic heterocycles. The molecule has 0 aliphatic rings. The third-order valence-corrected chi connectivity index (χ3v) is 5.62. The SMILES string of the molecule is CCN[C@H](C)CNC(=O)c1sccc1S(=O)(=O)N(C)C. The Labute approximate surface area is 124 Å². The maximum atomic E-state index is 12.1. The lowest BCUT2D eigenvalue weighted by Gasteiger charge is -2.14. The van der Waals surface area contributed by atoms with Crippen LogP contribution in [0.15, 0.2) is 16.3 Å². The molecule has 0 fully saturated rings. The molecule has 2 N–H and O–H groups in total. The van der Waals surface area contributed by atoms with Crippen LogP contribution in [0, 0.1) is 0 Å². The van der Waals surface area contributed by atoms with Gasteiger partial charge in [-0.05, 0) is 24.9 Å². The van der Waals surface area contributed by atoms with Gasteiger partial charge in [0.1, 0.15) is 9.77 Å². The van der Waals surface area contributed by atoms with E-state index in [1.807, 2.05) is 13.8 Å². The standard InChI is InChI=1S/C12H21N3O3S2/c1-5-13-9(2)8-14-12(16)11-10(6-7-19-11)20(17,18)15(3)4/h6-7,9,13H,5,8H2,1-4H3,(H,14,16)/t9-/m1/s1. The van der Waals surface area contributed by atoms with E-state index < -0.39 is 10.0 Å². The predicted molar refractivity (Wildman–Crippen MR) is 80.7 cm³/mol. The molecular weight excluding hydrogens is 298 g/mol. The summed E-state index contributed by atoms with van der Waals surface area (Å²) in [6.07, 6.45) is 0. The normalized spacial score (nSPS) is 13.4. The van der Waals surface area contributed by atoms with Crippen LogP contribution in [0.25, 0.3) is 0 Å². The van der Waals surface area contributed by atoms with Gasteiger partial charge in [0.05, 0.1) is 0 Å². The number of sulfonamides is 1. The second kappa shape index (κ2) is 7.16. The van der Waals surface area contributed by atoms with Gasteiger partial charge in [0.2, 0.25) is 10.0 Å². The number of rotatable bonds is 7. The molecule has 1 aromatic rings. The summed E-state index contributed by atoms with van der Waals surface area (Å²) in [7, 11) is -0.698. The topological polar surface area (TPSA) is 78.5 Å². The van der Waals surface area contributed by atoms with Crippen molar-refractivity contribution in [3.8, 4) is 0 Å². The minimum absolute atomic E-state index is 0.0566. The lowest BCUT2D eigenvalue weighted by Crippen LogP contribution is -2.39. The Hall–Kier alpha value is -0.960. The first-order valence-electron chi connectivity index (χ1n) is 6.32. The summed E-state index contributed by atoms with van der Waals surface area (Å²) < 4.78 is 25.3. The Morgan fingerprint density at radius 3 is 2.65 bits per heavy atom. The number of nitrogens with one attached hydrogen (secondary N) is 2. The third kappa shape index (κ3) is 4.02. The molecule has 0 spiro atoms. The molecule has 0 radical (unpaired) electrons.